The van der Waals surface area contributed by atoms with Crippen LogP contribution in [0.3, 0.4) is 0 Å². The Bertz CT molecular complexity index is 1240. The highest BCUT2D eigenvalue weighted by Crippen LogP contribution is 2.43. The molecule has 6 heteroatoms. The van der Waals surface area contributed by atoms with Crippen molar-refractivity contribution in [2.24, 2.45) is 0 Å². The van der Waals surface area contributed by atoms with E-state index in [0.29, 0.717) is 18.6 Å². The van der Waals surface area contributed by atoms with Crippen molar-refractivity contribution >= 4 is 34.5 Å². The SMILES string of the molecule is C[C@H]1C[C@@H](N(C(=O)Cc2cccs2)c2ccccc2)c2ccccc2N1C(=O)c1ccco1. The van der Waals surface area contributed by atoms with Crippen LogP contribution in [0.25, 0.3) is 0 Å². The van der Waals surface area contributed by atoms with Crippen molar-refractivity contribution < 1.29 is 14.0 Å². The third-order valence-electron chi connectivity index (χ3n) is 6.03. The van der Waals surface area contributed by atoms with Crippen molar-refractivity contribution in [3.63, 3.8) is 0 Å². The molecule has 2 amide bonds. The number of amides is 2. The smallest absolute Gasteiger partial charge is 0.294 e. The number of anilines is 2. The Morgan fingerprint density at radius 2 is 1.79 bits per heavy atom. The molecule has 2 aromatic carbocycles. The van der Waals surface area contributed by atoms with Gasteiger partial charge < -0.3 is 14.2 Å². The fourth-order valence-electron chi connectivity index (χ4n) is 4.59. The molecule has 0 aliphatic carbocycles. The van der Waals surface area contributed by atoms with Crippen LogP contribution >= 0.6 is 11.3 Å². The van der Waals surface area contributed by atoms with Gasteiger partial charge in [0.1, 0.15) is 0 Å². The molecular weight excluding hydrogens is 432 g/mol. The Kier molecular flexibility index (Phi) is 5.84. The minimum Gasteiger partial charge on any atom is -0.459 e. The lowest BCUT2D eigenvalue weighted by molar-refractivity contribution is -0.118. The van der Waals surface area contributed by atoms with Crippen LogP contribution in [-0.4, -0.2) is 17.9 Å². The number of hydrogen-bond acceptors (Lipinski definition) is 4. The number of hydrogen-bond donors (Lipinski definition) is 0. The highest BCUT2D eigenvalue weighted by atomic mass is 32.1. The van der Waals surface area contributed by atoms with Crippen LogP contribution in [0.2, 0.25) is 0 Å². The lowest BCUT2D eigenvalue weighted by Gasteiger charge is -2.43. The Labute approximate surface area is 196 Å². The Hall–Kier alpha value is -3.64. The van der Waals surface area contributed by atoms with E-state index in [1.165, 1.54) is 6.26 Å². The van der Waals surface area contributed by atoms with Gasteiger partial charge in [0.15, 0.2) is 5.76 Å². The largest absolute Gasteiger partial charge is 0.459 e. The minimum atomic E-state index is -0.188. The van der Waals surface area contributed by atoms with Crippen molar-refractivity contribution in [1.29, 1.82) is 0 Å². The van der Waals surface area contributed by atoms with Gasteiger partial charge in [-0.2, -0.15) is 0 Å². The maximum absolute atomic E-state index is 13.7. The van der Waals surface area contributed by atoms with Crippen molar-refractivity contribution in [2.75, 3.05) is 9.80 Å². The van der Waals surface area contributed by atoms with Gasteiger partial charge in [0, 0.05) is 22.3 Å². The molecule has 5 rings (SSSR count). The second-order valence-electron chi connectivity index (χ2n) is 8.17. The summed E-state index contributed by atoms with van der Waals surface area (Å²) in [5.74, 6) is 0.180. The molecule has 3 heterocycles. The summed E-state index contributed by atoms with van der Waals surface area (Å²) in [6.07, 6.45) is 2.47. The predicted molar refractivity (Wildman–Crippen MR) is 131 cm³/mol. The van der Waals surface area contributed by atoms with Crippen LogP contribution in [0.1, 0.15) is 40.4 Å². The zero-order valence-corrected chi connectivity index (χ0v) is 19.1. The average Bonchev–Trinajstić information content (AvgIpc) is 3.54. The molecule has 0 saturated carbocycles. The first-order valence-corrected chi connectivity index (χ1v) is 11.9. The third kappa shape index (κ3) is 4.10. The molecule has 2 atom stereocenters. The van der Waals surface area contributed by atoms with E-state index < -0.39 is 0 Å². The number of carbonyl (C=O) groups is 2. The molecule has 166 valence electrons. The van der Waals surface area contributed by atoms with Gasteiger partial charge in [0.25, 0.3) is 5.91 Å². The summed E-state index contributed by atoms with van der Waals surface area (Å²) in [6.45, 7) is 2.02. The van der Waals surface area contributed by atoms with Gasteiger partial charge >= 0.3 is 0 Å². The van der Waals surface area contributed by atoms with Gasteiger partial charge in [-0.3, -0.25) is 9.59 Å². The van der Waals surface area contributed by atoms with E-state index in [1.54, 1.807) is 28.4 Å². The van der Waals surface area contributed by atoms with Gasteiger partial charge in [-0.05, 0) is 60.7 Å². The molecule has 1 aliphatic heterocycles. The highest BCUT2D eigenvalue weighted by Gasteiger charge is 2.39. The van der Waals surface area contributed by atoms with Gasteiger partial charge in [0.05, 0.1) is 18.7 Å². The minimum absolute atomic E-state index is 0.0430. The van der Waals surface area contributed by atoms with E-state index in [9.17, 15) is 9.59 Å². The maximum atomic E-state index is 13.7. The van der Waals surface area contributed by atoms with Crippen molar-refractivity contribution in [3.05, 3.63) is 107 Å². The molecular formula is C27H24N2O3S. The molecule has 0 spiro atoms. The first-order valence-electron chi connectivity index (χ1n) is 11.0. The van der Waals surface area contributed by atoms with E-state index in [1.807, 2.05) is 83.9 Å². The Morgan fingerprint density at radius 1 is 1.00 bits per heavy atom. The van der Waals surface area contributed by atoms with Crippen molar-refractivity contribution in [3.8, 4) is 0 Å². The van der Waals surface area contributed by atoms with E-state index in [0.717, 1.165) is 21.8 Å². The van der Waals surface area contributed by atoms with Crippen LogP contribution in [0, 0.1) is 0 Å². The Morgan fingerprint density at radius 3 is 2.52 bits per heavy atom. The number of thiophene rings is 1. The monoisotopic (exact) mass is 456 g/mol. The normalized spacial score (nSPS) is 17.4. The molecule has 0 unspecified atom stereocenters. The highest BCUT2D eigenvalue weighted by molar-refractivity contribution is 7.10. The number of nitrogens with zero attached hydrogens (tertiary/aromatic N) is 2. The zero-order valence-electron chi connectivity index (χ0n) is 18.3. The first-order chi connectivity index (χ1) is 16.1. The van der Waals surface area contributed by atoms with E-state index >= 15 is 0 Å². The summed E-state index contributed by atoms with van der Waals surface area (Å²) >= 11 is 1.59. The number of furan rings is 1. The molecule has 0 saturated heterocycles. The van der Waals surface area contributed by atoms with Crippen LogP contribution < -0.4 is 9.80 Å². The summed E-state index contributed by atoms with van der Waals surface area (Å²) in [4.78, 5) is 31.7. The van der Waals surface area contributed by atoms with Crippen LogP contribution in [0.15, 0.2) is 94.9 Å². The Balaban J connectivity index is 1.57. The molecule has 4 aromatic rings. The lowest BCUT2D eigenvalue weighted by Crippen LogP contribution is -2.48. The van der Waals surface area contributed by atoms with Crippen LogP contribution in [-0.2, 0) is 11.2 Å². The average molecular weight is 457 g/mol. The molecule has 0 N–H and O–H groups in total. The number of benzene rings is 2. The summed E-state index contributed by atoms with van der Waals surface area (Å²) in [5.41, 5.74) is 2.63. The molecule has 0 radical (unpaired) electrons. The molecule has 1 aliphatic rings. The van der Waals surface area contributed by atoms with Gasteiger partial charge in [-0.15, -0.1) is 11.3 Å². The van der Waals surface area contributed by atoms with Gasteiger partial charge in [-0.1, -0.05) is 42.5 Å². The first kappa shape index (κ1) is 21.2. The fraction of sp³-hybridized carbons (Fsp3) is 0.185. The third-order valence-corrected chi connectivity index (χ3v) is 6.91. The van der Waals surface area contributed by atoms with E-state index in [2.05, 4.69) is 0 Å². The molecule has 33 heavy (non-hydrogen) atoms. The summed E-state index contributed by atoms with van der Waals surface area (Å²) < 4.78 is 5.40. The summed E-state index contributed by atoms with van der Waals surface area (Å²) in [5, 5.41) is 1.99. The number of rotatable bonds is 5. The molecule has 2 aromatic heterocycles. The van der Waals surface area contributed by atoms with Gasteiger partial charge in [-0.25, -0.2) is 0 Å². The number of fused-ring (bicyclic) bond motifs is 1. The quantitative estimate of drug-likeness (QED) is 0.365. The summed E-state index contributed by atoms with van der Waals surface area (Å²) in [7, 11) is 0. The van der Waals surface area contributed by atoms with Crippen LogP contribution in [0.5, 0.6) is 0 Å². The van der Waals surface area contributed by atoms with E-state index in [-0.39, 0.29) is 23.9 Å². The second-order valence-corrected chi connectivity index (χ2v) is 9.20. The number of para-hydroxylation sites is 2. The molecule has 0 bridgehead atoms. The lowest BCUT2D eigenvalue weighted by atomic mass is 9.89. The van der Waals surface area contributed by atoms with Crippen molar-refractivity contribution in [1.82, 2.24) is 0 Å². The second kappa shape index (κ2) is 9.08. The van der Waals surface area contributed by atoms with Crippen LogP contribution in [0.4, 0.5) is 11.4 Å². The maximum Gasteiger partial charge on any atom is 0.294 e. The van der Waals surface area contributed by atoms with E-state index in [4.69, 9.17) is 4.42 Å². The number of carbonyl (C=O) groups excluding carboxylic acids is 2. The standard InChI is InChI=1S/C27H24N2O3S/c1-19-17-24(22-12-5-6-13-23(22)28(19)27(31)25-14-7-15-32-25)29(20-9-3-2-4-10-20)26(30)18-21-11-8-16-33-21/h2-16,19,24H,17-18H2,1H3/t19-,24+/m0/s1. The van der Waals surface area contributed by atoms with Crippen molar-refractivity contribution in [2.45, 2.75) is 31.8 Å². The topological polar surface area (TPSA) is 53.8 Å². The summed E-state index contributed by atoms with van der Waals surface area (Å²) in [6, 6.07) is 24.7. The zero-order chi connectivity index (χ0) is 22.8. The molecule has 0 fully saturated rings. The molecule has 5 nitrogen and oxygen atoms in total. The predicted octanol–water partition coefficient (Wildman–Crippen LogP) is 6.10. The fourth-order valence-corrected chi connectivity index (χ4v) is 5.28. The van der Waals surface area contributed by atoms with Gasteiger partial charge in [0.2, 0.25) is 5.91 Å².